The van der Waals surface area contributed by atoms with Crippen LogP contribution in [0.25, 0.3) is 0 Å². The Morgan fingerprint density at radius 2 is 2.10 bits per heavy atom. The van der Waals surface area contributed by atoms with Crippen molar-refractivity contribution in [1.29, 1.82) is 0 Å². The SMILES string of the molecule is c1c(CNC2CCOC3(CCCCC3)C2)sc2c1CCC2. The lowest BCUT2D eigenvalue weighted by Gasteiger charge is -2.43. The summed E-state index contributed by atoms with van der Waals surface area (Å²) in [6.07, 6.45) is 13.1. The molecule has 1 saturated carbocycles. The predicted molar refractivity (Wildman–Crippen MR) is 88.0 cm³/mol. The van der Waals surface area contributed by atoms with Crippen molar-refractivity contribution in [3.63, 3.8) is 0 Å². The number of fused-ring (bicyclic) bond motifs is 1. The van der Waals surface area contributed by atoms with E-state index in [4.69, 9.17) is 4.74 Å². The molecule has 116 valence electrons. The molecule has 3 aliphatic rings. The Hall–Kier alpha value is -0.380. The minimum atomic E-state index is 0.228. The highest BCUT2D eigenvalue weighted by molar-refractivity contribution is 7.12. The van der Waals surface area contributed by atoms with Crippen LogP contribution >= 0.6 is 11.3 Å². The second-order valence-corrected chi connectivity index (χ2v) is 8.40. The smallest absolute Gasteiger partial charge is 0.0697 e. The fourth-order valence-corrected chi connectivity index (χ4v) is 5.68. The molecule has 2 aliphatic carbocycles. The van der Waals surface area contributed by atoms with Gasteiger partial charge in [0.25, 0.3) is 0 Å². The van der Waals surface area contributed by atoms with Crippen LogP contribution in [0.3, 0.4) is 0 Å². The molecule has 1 atom stereocenters. The van der Waals surface area contributed by atoms with E-state index < -0.39 is 0 Å². The topological polar surface area (TPSA) is 21.3 Å². The number of thiophene rings is 1. The minimum Gasteiger partial charge on any atom is -0.375 e. The molecular weight excluding hydrogens is 278 g/mol. The highest BCUT2D eigenvalue weighted by atomic mass is 32.1. The Balaban J connectivity index is 1.33. The number of hydrogen-bond donors (Lipinski definition) is 1. The summed E-state index contributed by atoms with van der Waals surface area (Å²) in [6, 6.07) is 3.11. The van der Waals surface area contributed by atoms with Gasteiger partial charge in [-0.05, 0) is 56.6 Å². The van der Waals surface area contributed by atoms with Gasteiger partial charge in [-0.15, -0.1) is 11.3 Å². The molecule has 1 aromatic heterocycles. The van der Waals surface area contributed by atoms with Crippen molar-refractivity contribution >= 4 is 11.3 Å². The van der Waals surface area contributed by atoms with E-state index in [9.17, 15) is 0 Å². The summed E-state index contributed by atoms with van der Waals surface area (Å²) < 4.78 is 6.20. The first-order chi connectivity index (χ1) is 10.3. The average molecular weight is 305 g/mol. The van der Waals surface area contributed by atoms with Crippen molar-refractivity contribution in [2.75, 3.05) is 6.61 Å². The highest BCUT2D eigenvalue weighted by Gasteiger charge is 2.38. The molecule has 1 N–H and O–H groups in total. The van der Waals surface area contributed by atoms with Gasteiger partial charge in [-0.1, -0.05) is 19.3 Å². The zero-order valence-corrected chi connectivity index (χ0v) is 13.8. The first kappa shape index (κ1) is 14.2. The van der Waals surface area contributed by atoms with Crippen molar-refractivity contribution in [3.8, 4) is 0 Å². The quantitative estimate of drug-likeness (QED) is 0.903. The van der Waals surface area contributed by atoms with Gasteiger partial charge in [-0.2, -0.15) is 0 Å². The van der Waals surface area contributed by atoms with Crippen molar-refractivity contribution < 1.29 is 4.74 Å². The van der Waals surface area contributed by atoms with Gasteiger partial charge < -0.3 is 10.1 Å². The van der Waals surface area contributed by atoms with Gasteiger partial charge in [0, 0.05) is 28.9 Å². The van der Waals surface area contributed by atoms with E-state index in [0.29, 0.717) is 6.04 Å². The summed E-state index contributed by atoms with van der Waals surface area (Å²) in [4.78, 5) is 3.20. The van der Waals surface area contributed by atoms with Gasteiger partial charge in [-0.25, -0.2) is 0 Å². The second-order valence-electron chi connectivity index (χ2n) is 7.18. The predicted octanol–water partition coefficient (Wildman–Crippen LogP) is 4.21. The monoisotopic (exact) mass is 305 g/mol. The van der Waals surface area contributed by atoms with E-state index in [1.54, 1.807) is 15.3 Å². The Labute approximate surface area is 132 Å². The first-order valence-electron chi connectivity index (χ1n) is 8.81. The van der Waals surface area contributed by atoms with Gasteiger partial charge in [0.05, 0.1) is 5.60 Å². The van der Waals surface area contributed by atoms with Gasteiger partial charge >= 0.3 is 0 Å². The number of hydrogen-bond acceptors (Lipinski definition) is 3. The number of aryl methyl sites for hydroxylation is 2. The van der Waals surface area contributed by atoms with E-state index in [-0.39, 0.29) is 5.60 Å². The fraction of sp³-hybridized carbons (Fsp3) is 0.778. The molecule has 0 aromatic carbocycles. The van der Waals surface area contributed by atoms with E-state index in [0.717, 1.165) is 13.2 Å². The molecule has 2 nitrogen and oxygen atoms in total. The van der Waals surface area contributed by atoms with Gasteiger partial charge in [0.1, 0.15) is 0 Å². The summed E-state index contributed by atoms with van der Waals surface area (Å²) in [6.45, 7) is 2.02. The molecular formula is C18H27NOS. The van der Waals surface area contributed by atoms with E-state index in [2.05, 4.69) is 11.4 Å². The Morgan fingerprint density at radius 1 is 1.19 bits per heavy atom. The Kier molecular flexibility index (Phi) is 4.08. The van der Waals surface area contributed by atoms with Crippen LogP contribution < -0.4 is 5.32 Å². The van der Waals surface area contributed by atoms with Crippen LogP contribution in [-0.2, 0) is 24.1 Å². The molecule has 3 heteroatoms. The van der Waals surface area contributed by atoms with Gasteiger partial charge in [-0.3, -0.25) is 0 Å². The van der Waals surface area contributed by atoms with E-state index in [1.165, 1.54) is 64.2 Å². The maximum atomic E-state index is 6.20. The molecule has 1 aliphatic heterocycles. The molecule has 2 heterocycles. The zero-order valence-electron chi connectivity index (χ0n) is 13.0. The summed E-state index contributed by atoms with van der Waals surface area (Å²) in [5.74, 6) is 0. The van der Waals surface area contributed by atoms with Gasteiger partial charge in [0.2, 0.25) is 0 Å². The van der Waals surface area contributed by atoms with Crippen LogP contribution in [0.2, 0.25) is 0 Å². The molecule has 1 saturated heterocycles. The second kappa shape index (κ2) is 6.02. The summed E-state index contributed by atoms with van der Waals surface area (Å²) in [7, 11) is 0. The van der Waals surface area contributed by atoms with Crippen LogP contribution in [0.4, 0.5) is 0 Å². The number of nitrogens with one attached hydrogen (secondary N) is 1. The Bertz CT molecular complexity index is 462. The highest BCUT2D eigenvalue weighted by Crippen LogP contribution is 2.38. The van der Waals surface area contributed by atoms with Crippen molar-refractivity contribution in [3.05, 3.63) is 21.4 Å². The third-order valence-electron chi connectivity index (χ3n) is 5.62. The van der Waals surface area contributed by atoms with Crippen LogP contribution in [0.15, 0.2) is 6.07 Å². The molecule has 1 spiro atoms. The Morgan fingerprint density at radius 3 is 2.95 bits per heavy atom. The maximum Gasteiger partial charge on any atom is 0.0697 e. The van der Waals surface area contributed by atoms with Crippen molar-refractivity contribution in [2.45, 2.75) is 82.4 Å². The molecule has 0 amide bonds. The molecule has 0 bridgehead atoms. The van der Waals surface area contributed by atoms with Crippen LogP contribution in [-0.4, -0.2) is 18.2 Å². The lowest BCUT2D eigenvalue weighted by atomic mass is 9.78. The number of rotatable bonds is 3. The summed E-state index contributed by atoms with van der Waals surface area (Å²) >= 11 is 2.04. The molecule has 1 aromatic rings. The lowest BCUT2D eigenvalue weighted by molar-refractivity contribution is -0.109. The largest absolute Gasteiger partial charge is 0.375 e. The first-order valence-corrected chi connectivity index (χ1v) is 9.62. The fourth-order valence-electron chi connectivity index (χ4n) is 4.47. The standard InChI is InChI=1S/C18H27NOS/c1-2-8-18(9-3-1)12-15(7-10-20-18)19-13-16-11-14-5-4-6-17(14)21-16/h11,15,19H,1-10,12-13H2. The number of ether oxygens (including phenoxy) is 1. The molecule has 0 radical (unpaired) electrons. The van der Waals surface area contributed by atoms with E-state index >= 15 is 0 Å². The van der Waals surface area contributed by atoms with E-state index in [1.807, 2.05) is 11.3 Å². The molecule has 4 rings (SSSR count). The van der Waals surface area contributed by atoms with Crippen LogP contribution in [0.5, 0.6) is 0 Å². The van der Waals surface area contributed by atoms with Crippen molar-refractivity contribution in [2.24, 2.45) is 0 Å². The lowest BCUT2D eigenvalue weighted by Crippen LogP contribution is -2.47. The van der Waals surface area contributed by atoms with Gasteiger partial charge in [0.15, 0.2) is 0 Å². The van der Waals surface area contributed by atoms with Crippen molar-refractivity contribution in [1.82, 2.24) is 5.32 Å². The normalized spacial score (nSPS) is 27.9. The van der Waals surface area contributed by atoms with Crippen LogP contribution in [0.1, 0.15) is 66.7 Å². The maximum absolute atomic E-state index is 6.20. The molecule has 1 unspecified atom stereocenters. The summed E-state index contributed by atoms with van der Waals surface area (Å²) in [5.41, 5.74) is 1.86. The molecule has 21 heavy (non-hydrogen) atoms. The summed E-state index contributed by atoms with van der Waals surface area (Å²) in [5, 5.41) is 3.83. The average Bonchev–Trinajstić information content (AvgIpc) is 3.07. The molecule has 2 fully saturated rings. The zero-order chi connectivity index (χ0) is 14.1. The van der Waals surface area contributed by atoms with Crippen LogP contribution in [0, 0.1) is 0 Å². The third kappa shape index (κ3) is 3.06. The minimum absolute atomic E-state index is 0.228. The third-order valence-corrected chi connectivity index (χ3v) is 6.86.